The van der Waals surface area contributed by atoms with Crippen LogP contribution in [0.4, 0.5) is 16.2 Å². The number of hydrogen-bond acceptors (Lipinski definition) is 4. The fourth-order valence-electron chi connectivity index (χ4n) is 3.12. The molecule has 1 fully saturated rings. The first-order chi connectivity index (χ1) is 12.5. The van der Waals surface area contributed by atoms with Gasteiger partial charge in [-0.2, -0.15) is 0 Å². The van der Waals surface area contributed by atoms with Gasteiger partial charge in [0.2, 0.25) is 11.8 Å². The Kier molecular flexibility index (Phi) is 6.01. The maximum Gasteiger partial charge on any atom is 0.409 e. The number of nitrogens with zero attached hydrogens (tertiary/aromatic N) is 1. The monoisotopic (exact) mass is 397 g/mol. The molecular weight excluding hydrogens is 374 g/mol. The number of carbonyl (C=O) groups is 3. The zero-order valence-corrected chi connectivity index (χ0v) is 16.4. The number of likely N-dealkylation sites (N-methyl/N-ethyl adjacent to an activating group) is 1. The Labute approximate surface area is 162 Å². The summed E-state index contributed by atoms with van der Waals surface area (Å²) >= 11 is 6.46. The summed E-state index contributed by atoms with van der Waals surface area (Å²) in [4.78, 5) is 37.0. The van der Waals surface area contributed by atoms with Crippen molar-refractivity contribution in [1.29, 1.82) is 0 Å². The second-order valence-corrected chi connectivity index (χ2v) is 7.97. The molecule has 0 unspecified atom stereocenters. The molecule has 1 heterocycles. The van der Waals surface area contributed by atoms with Gasteiger partial charge in [-0.15, -0.1) is 0 Å². The molecule has 0 saturated carbocycles. The lowest BCUT2D eigenvalue weighted by atomic mass is 9.86. The van der Waals surface area contributed by atoms with Crippen LogP contribution in [0.15, 0.2) is 12.1 Å². The van der Waals surface area contributed by atoms with Gasteiger partial charge in [0.05, 0.1) is 16.4 Å². The van der Waals surface area contributed by atoms with Crippen LogP contribution in [0.5, 0.6) is 0 Å². The molecule has 0 spiro atoms. The molecule has 27 heavy (non-hydrogen) atoms. The quantitative estimate of drug-likeness (QED) is 0.621. The number of benzene rings is 1. The lowest BCUT2D eigenvalue weighted by Gasteiger charge is -2.28. The van der Waals surface area contributed by atoms with Crippen LogP contribution >= 0.6 is 11.6 Å². The molecule has 1 aromatic carbocycles. The second kappa shape index (κ2) is 7.74. The normalized spacial score (nSPS) is 19.6. The van der Waals surface area contributed by atoms with Gasteiger partial charge in [-0.1, -0.05) is 38.4 Å². The third-order valence-corrected chi connectivity index (χ3v) is 4.98. The molecule has 2 atom stereocenters. The number of rotatable bonds is 4. The molecule has 4 N–H and O–H groups in total. The Morgan fingerprint density at radius 3 is 2.52 bits per heavy atom. The van der Waals surface area contributed by atoms with Gasteiger partial charge in [0.15, 0.2) is 0 Å². The molecule has 9 heteroatoms. The van der Waals surface area contributed by atoms with Gasteiger partial charge in [-0.05, 0) is 17.0 Å². The van der Waals surface area contributed by atoms with Gasteiger partial charge in [0.1, 0.15) is 6.04 Å². The number of hydrogen-bond donors (Lipinski definition) is 4. The predicted molar refractivity (Wildman–Crippen MR) is 102 cm³/mol. The van der Waals surface area contributed by atoms with Crippen molar-refractivity contribution in [3.63, 3.8) is 0 Å². The zero-order chi connectivity index (χ0) is 20.5. The Morgan fingerprint density at radius 1 is 1.37 bits per heavy atom. The molecule has 0 radical (unpaired) electrons. The SMILES string of the molecule is CN(C(=O)[C@H]1NC(=O)C[C@@H]1CO)c1ccc(C(C)(C)C)c(Cl)c1NC(=O)O. The average molecular weight is 398 g/mol. The first-order valence-electron chi connectivity index (χ1n) is 8.48. The van der Waals surface area contributed by atoms with Crippen LogP contribution in [0.1, 0.15) is 32.8 Å². The number of aliphatic hydroxyl groups excluding tert-OH is 1. The van der Waals surface area contributed by atoms with Gasteiger partial charge in [0.25, 0.3) is 0 Å². The number of halogens is 1. The summed E-state index contributed by atoms with van der Waals surface area (Å²) in [5, 5.41) is 23.6. The van der Waals surface area contributed by atoms with Crippen LogP contribution in [-0.2, 0) is 15.0 Å². The molecule has 0 aliphatic carbocycles. The minimum absolute atomic E-state index is 0.0602. The summed E-state index contributed by atoms with van der Waals surface area (Å²) in [5.41, 5.74) is 0.740. The summed E-state index contributed by atoms with van der Waals surface area (Å²) in [6.45, 7) is 5.50. The highest BCUT2D eigenvalue weighted by Crippen LogP contribution is 2.40. The van der Waals surface area contributed by atoms with E-state index in [1.165, 1.54) is 11.9 Å². The van der Waals surface area contributed by atoms with E-state index in [2.05, 4.69) is 10.6 Å². The van der Waals surface area contributed by atoms with Crippen molar-refractivity contribution >= 4 is 40.9 Å². The van der Waals surface area contributed by atoms with E-state index in [9.17, 15) is 24.6 Å². The molecule has 0 bridgehead atoms. The minimum atomic E-state index is -1.31. The average Bonchev–Trinajstić information content (AvgIpc) is 2.94. The number of carboxylic acid groups (broad SMARTS) is 1. The third-order valence-electron chi connectivity index (χ3n) is 4.59. The van der Waals surface area contributed by atoms with Crippen molar-refractivity contribution < 1.29 is 24.6 Å². The van der Waals surface area contributed by atoms with Crippen molar-refractivity contribution in [2.24, 2.45) is 5.92 Å². The number of carbonyl (C=O) groups excluding carboxylic acids is 2. The van der Waals surface area contributed by atoms with Crippen molar-refractivity contribution in [2.75, 3.05) is 23.9 Å². The van der Waals surface area contributed by atoms with E-state index in [0.29, 0.717) is 0 Å². The van der Waals surface area contributed by atoms with Gasteiger partial charge >= 0.3 is 6.09 Å². The Bertz CT molecular complexity index is 775. The second-order valence-electron chi connectivity index (χ2n) is 7.59. The molecule has 1 aliphatic rings. The highest BCUT2D eigenvalue weighted by atomic mass is 35.5. The van der Waals surface area contributed by atoms with Crippen LogP contribution in [0.3, 0.4) is 0 Å². The van der Waals surface area contributed by atoms with Crippen LogP contribution in [0.25, 0.3) is 0 Å². The van der Waals surface area contributed by atoms with Gasteiger partial charge in [0, 0.05) is 26.0 Å². The molecule has 8 nitrogen and oxygen atoms in total. The first kappa shape index (κ1) is 21.0. The first-order valence-corrected chi connectivity index (χ1v) is 8.85. The largest absolute Gasteiger partial charge is 0.465 e. The van der Waals surface area contributed by atoms with E-state index >= 15 is 0 Å². The maximum atomic E-state index is 12.9. The minimum Gasteiger partial charge on any atom is -0.465 e. The summed E-state index contributed by atoms with van der Waals surface area (Å²) in [7, 11) is 1.47. The fourth-order valence-corrected chi connectivity index (χ4v) is 3.61. The molecule has 1 aliphatic heterocycles. The van der Waals surface area contributed by atoms with E-state index in [4.69, 9.17) is 11.6 Å². The van der Waals surface area contributed by atoms with E-state index in [1.54, 1.807) is 12.1 Å². The van der Waals surface area contributed by atoms with Gasteiger partial charge < -0.3 is 20.4 Å². The molecule has 148 valence electrons. The lowest BCUT2D eigenvalue weighted by Crippen LogP contribution is -2.46. The lowest BCUT2D eigenvalue weighted by molar-refractivity contribution is -0.124. The van der Waals surface area contributed by atoms with Crippen molar-refractivity contribution in [2.45, 2.75) is 38.6 Å². The highest BCUT2D eigenvalue weighted by Gasteiger charge is 2.39. The van der Waals surface area contributed by atoms with Gasteiger partial charge in [-0.3, -0.25) is 14.9 Å². The summed E-state index contributed by atoms with van der Waals surface area (Å²) in [6.07, 6.45) is -1.25. The standard InChI is InChI=1S/C18H24ClN3O5/c1-18(2,3)10-5-6-11(15(13(10)19)21-17(26)27)22(4)16(25)14-9(8-23)7-12(24)20-14/h5-6,9,14,21,23H,7-8H2,1-4H3,(H,20,24)(H,26,27)/t9-,14+/m1/s1. The van der Waals surface area contributed by atoms with E-state index in [-0.39, 0.29) is 40.7 Å². The molecule has 1 aromatic rings. The molecule has 0 aromatic heterocycles. The van der Waals surface area contributed by atoms with E-state index in [1.807, 2.05) is 20.8 Å². The molecule has 3 amide bonds. The topological polar surface area (TPSA) is 119 Å². The van der Waals surface area contributed by atoms with E-state index < -0.39 is 24.0 Å². The number of anilines is 2. The molecular formula is C18H24ClN3O5. The number of amides is 3. The number of nitrogens with one attached hydrogen (secondary N) is 2. The van der Waals surface area contributed by atoms with Crippen LogP contribution in [0, 0.1) is 5.92 Å². The van der Waals surface area contributed by atoms with Crippen LogP contribution in [0.2, 0.25) is 5.02 Å². The number of aliphatic hydroxyl groups is 1. The molecule has 2 rings (SSSR count). The third kappa shape index (κ3) is 4.33. The van der Waals surface area contributed by atoms with Crippen molar-refractivity contribution in [3.8, 4) is 0 Å². The Balaban J connectivity index is 2.47. The summed E-state index contributed by atoms with van der Waals surface area (Å²) in [5.74, 6) is -1.31. The Morgan fingerprint density at radius 2 is 2.00 bits per heavy atom. The summed E-state index contributed by atoms with van der Waals surface area (Å²) in [6, 6.07) is 2.47. The molecule has 1 saturated heterocycles. The van der Waals surface area contributed by atoms with Crippen molar-refractivity contribution in [1.82, 2.24) is 5.32 Å². The maximum absolute atomic E-state index is 12.9. The fraction of sp³-hybridized carbons (Fsp3) is 0.500. The van der Waals surface area contributed by atoms with E-state index in [0.717, 1.165) is 5.56 Å². The zero-order valence-electron chi connectivity index (χ0n) is 15.7. The van der Waals surface area contributed by atoms with Crippen LogP contribution < -0.4 is 15.5 Å². The van der Waals surface area contributed by atoms with Crippen molar-refractivity contribution in [3.05, 3.63) is 22.7 Å². The summed E-state index contributed by atoms with van der Waals surface area (Å²) < 4.78 is 0. The Hall–Kier alpha value is -2.32. The predicted octanol–water partition coefficient (Wildman–Crippen LogP) is 2.19. The smallest absolute Gasteiger partial charge is 0.409 e. The van der Waals surface area contributed by atoms with Crippen LogP contribution in [-0.4, -0.2) is 47.8 Å². The highest BCUT2D eigenvalue weighted by molar-refractivity contribution is 6.35. The van der Waals surface area contributed by atoms with Gasteiger partial charge in [-0.25, -0.2) is 4.79 Å².